The zero-order chi connectivity index (χ0) is 18.8. The number of ether oxygens (including phenoxy) is 3. The van der Waals surface area contributed by atoms with E-state index in [1.165, 1.54) is 12.0 Å². The number of amides is 1. The molecule has 0 radical (unpaired) electrons. The van der Waals surface area contributed by atoms with E-state index in [4.69, 9.17) is 14.2 Å². The van der Waals surface area contributed by atoms with Crippen molar-refractivity contribution in [3.8, 4) is 0 Å². The maximum atomic E-state index is 12.3. The third kappa shape index (κ3) is 7.68. The Hall–Kier alpha value is -1.30. The molecule has 0 N–H and O–H groups in total. The largest absolute Gasteiger partial charge is 0.467 e. The highest BCUT2D eigenvalue weighted by Gasteiger charge is 2.46. The summed E-state index contributed by atoms with van der Waals surface area (Å²) in [5.41, 5.74) is -1.54. The molecule has 0 aliphatic carbocycles. The van der Waals surface area contributed by atoms with Crippen LogP contribution in [0.2, 0.25) is 0 Å². The smallest absolute Gasteiger partial charge is 0.413 e. The Morgan fingerprint density at radius 3 is 2.00 bits per heavy atom. The van der Waals surface area contributed by atoms with E-state index in [0.29, 0.717) is 13.0 Å². The Balaban J connectivity index is 0. The molecule has 1 unspecified atom stereocenters. The van der Waals surface area contributed by atoms with Crippen LogP contribution in [0, 0.1) is 0 Å². The Morgan fingerprint density at radius 2 is 1.61 bits per heavy atom. The van der Waals surface area contributed by atoms with Gasteiger partial charge in [0.15, 0.2) is 0 Å². The Morgan fingerprint density at radius 1 is 1.13 bits per heavy atom. The van der Waals surface area contributed by atoms with Crippen LogP contribution in [0.15, 0.2) is 0 Å². The van der Waals surface area contributed by atoms with Gasteiger partial charge in [-0.2, -0.15) is 0 Å². The van der Waals surface area contributed by atoms with Crippen molar-refractivity contribution in [1.29, 1.82) is 0 Å². The summed E-state index contributed by atoms with van der Waals surface area (Å²) in [6, 6.07) is -0.677. The van der Waals surface area contributed by atoms with E-state index in [9.17, 15) is 9.59 Å². The maximum absolute atomic E-state index is 12.3. The van der Waals surface area contributed by atoms with E-state index in [0.717, 1.165) is 0 Å². The van der Waals surface area contributed by atoms with Gasteiger partial charge in [-0.05, 0) is 34.6 Å². The molecule has 1 rings (SSSR count). The van der Waals surface area contributed by atoms with Crippen LogP contribution in [0.1, 0.15) is 68.7 Å². The molecule has 1 aliphatic rings. The fourth-order valence-electron chi connectivity index (χ4n) is 2.01. The zero-order valence-electron chi connectivity index (χ0n) is 16.5. The second-order valence-electron chi connectivity index (χ2n) is 5.97. The molecule has 0 aromatic heterocycles. The van der Waals surface area contributed by atoms with E-state index in [1.807, 2.05) is 27.7 Å². The van der Waals surface area contributed by atoms with Crippen LogP contribution in [-0.2, 0) is 19.0 Å². The van der Waals surface area contributed by atoms with Crippen molar-refractivity contribution in [2.75, 3.05) is 13.7 Å². The maximum Gasteiger partial charge on any atom is 0.413 e. The SMILES string of the molecule is CC.CC.COC(=O)C1CCOC(C)(C)N1C(=O)OC(C)(C)C. The normalized spacial score (nSPS) is 19.4. The number of esters is 1. The topological polar surface area (TPSA) is 65.1 Å². The molecule has 0 aromatic carbocycles. The molecule has 1 atom stereocenters. The number of hydrogen-bond donors (Lipinski definition) is 0. The number of methoxy groups -OCH3 is 1. The van der Waals surface area contributed by atoms with Crippen LogP contribution in [0.4, 0.5) is 4.79 Å². The molecule has 1 aliphatic heterocycles. The Labute approximate surface area is 141 Å². The molecule has 1 heterocycles. The first-order valence-electron chi connectivity index (χ1n) is 8.32. The predicted octanol–water partition coefficient (Wildman–Crippen LogP) is 3.97. The third-order valence-electron chi connectivity index (χ3n) is 2.80. The van der Waals surface area contributed by atoms with Gasteiger partial charge in [0, 0.05) is 6.42 Å². The fraction of sp³-hybridized carbons (Fsp3) is 0.882. The van der Waals surface area contributed by atoms with Crippen molar-refractivity contribution in [2.24, 2.45) is 0 Å². The quantitative estimate of drug-likeness (QED) is 0.679. The molecule has 0 aromatic rings. The van der Waals surface area contributed by atoms with Crippen LogP contribution < -0.4 is 0 Å². The molecule has 138 valence electrons. The van der Waals surface area contributed by atoms with E-state index in [2.05, 4.69) is 0 Å². The summed E-state index contributed by atoms with van der Waals surface area (Å²) in [7, 11) is 1.30. The van der Waals surface area contributed by atoms with Crippen LogP contribution in [-0.4, -0.2) is 48.0 Å². The minimum absolute atomic E-state index is 0.395. The molecule has 0 bridgehead atoms. The Bertz CT molecular complexity index is 360. The predicted molar refractivity (Wildman–Crippen MR) is 91.2 cm³/mol. The lowest BCUT2D eigenvalue weighted by Gasteiger charge is -2.45. The van der Waals surface area contributed by atoms with Gasteiger partial charge < -0.3 is 14.2 Å². The average Bonchev–Trinajstić information content (AvgIpc) is 2.47. The number of nitrogens with zero attached hydrogens (tertiary/aromatic N) is 1. The van der Waals surface area contributed by atoms with Gasteiger partial charge in [-0.25, -0.2) is 9.59 Å². The summed E-state index contributed by atoms with van der Waals surface area (Å²) in [6.07, 6.45) is -0.178. The monoisotopic (exact) mass is 333 g/mol. The summed E-state index contributed by atoms with van der Waals surface area (Å²) in [4.78, 5) is 25.4. The highest BCUT2D eigenvalue weighted by atomic mass is 16.6. The second-order valence-corrected chi connectivity index (χ2v) is 5.97. The van der Waals surface area contributed by atoms with E-state index in [1.54, 1.807) is 34.6 Å². The van der Waals surface area contributed by atoms with E-state index < -0.39 is 29.4 Å². The number of carbonyl (C=O) groups is 2. The van der Waals surface area contributed by atoms with Crippen LogP contribution in [0.3, 0.4) is 0 Å². The number of hydrogen-bond acceptors (Lipinski definition) is 5. The van der Waals surface area contributed by atoms with Crippen molar-refractivity contribution >= 4 is 12.1 Å². The van der Waals surface area contributed by atoms with Gasteiger partial charge in [-0.15, -0.1) is 0 Å². The highest BCUT2D eigenvalue weighted by Crippen LogP contribution is 2.29. The van der Waals surface area contributed by atoms with Crippen molar-refractivity contribution in [3.05, 3.63) is 0 Å². The number of rotatable bonds is 1. The molecule has 6 nitrogen and oxygen atoms in total. The summed E-state index contributed by atoms with van der Waals surface area (Å²) >= 11 is 0. The summed E-state index contributed by atoms with van der Waals surface area (Å²) in [6.45, 7) is 17.2. The lowest BCUT2D eigenvalue weighted by molar-refractivity contribution is -0.191. The standard InChI is InChI=1S/C13H23NO5.2C2H6/c1-12(2,3)19-11(16)14-9(10(15)17-6)7-8-18-13(14,4)5;2*1-2/h9H,7-8H2,1-6H3;2*1-2H3. The van der Waals surface area contributed by atoms with Gasteiger partial charge in [0.2, 0.25) is 0 Å². The van der Waals surface area contributed by atoms with Gasteiger partial charge in [0.1, 0.15) is 17.4 Å². The molecule has 0 spiro atoms. The molecular formula is C17H35NO5. The molecule has 0 saturated carbocycles. The lowest BCUT2D eigenvalue weighted by Crippen LogP contribution is -2.61. The first kappa shape index (κ1) is 24.0. The minimum Gasteiger partial charge on any atom is -0.467 e. The van der Waals surface area contributed by atoms with Crippen molar-refractivity contribution < 1.29 is 23.8 Å². The van der Waals surface area contributed by atoms with Gasteiger partial charge in [0.25, 0.3) is 0 Å². The fourth-order valence-corrected chi connectivity index (χ4v) is 2.01. The van der Waals surface area contributed by atoms with Gasteiger partial charge >= 0.3 is 12.1 Å². The summed E-state index contributed by atoms with van der Waals surface area (Å²) < 4.78 is 15.6. The van der Waals surface area contributed by atoms with Crippen molar-refractivity contribution in [2.45, 2.75) is 86.1 Å². The minimum atomic E-state index is -0.903. The van der Waals surface area contributed by atoms with Crippen LogP contribution in [0.25, 0.3) is 0 Å². The van der Waals surface area contributed by atoms with Gasteiger partial charge in [-0.1, -0.05) is 27.7 Å². The second kappa shape index (κ2) is 10.5. The van der Waals surface area contributed by atoms with Crippen LogP contribution in [0.5, 0.6) is 0 Å². The van der Waals surface area contributed by atoms with Crippen molar-refractivity contribution in [1.82, 2.24) is 4.90 Å². The first-order valence-corrected chi connectivity index (χ1v) is 8.32. The lowest BCUT2D eigenvalue weighted by atomic mass is 10.1. The van der Waals surface area contributed by atoms with Gasteiger partial charge in [-0.3, -0.25) is 4.90 Å². The average molecular weight is 333 g/mol. The molecule has 23 heavy (non-hydrogen) atoms. The molecule has 1 fully saturated rings. The van der Waals surface area contributed by atoms with Gasteiger partial charge in [0.05, 0.1) is 13.7 Å². The molecule has 1 saturated heterocycles. The third-order valence-corrected chi connectivity index (χ3v) is 2.80. The highest BCUT2D eigenvalue weighted by molar-refractivity contribution is 5.82. The first-order chi connectivity index (χ1) is 10.6. The van der Waals surface area contributed by atoms with E-state index >= 15 is 0 Å². The summed E-state index contributed by atoms with van der Waals surface area (Å²) in [5.74, 6) is -0.456. The van der Waals surface area contributed by atoms with Crippen molar-refractivity contribution in [3.63, 3.8) is 0 Å². The molecule has 1 amide bonds. The Kier molecular flexibility index (Phi) is 10.9. The molecule has 6 heteroatoms. The summed E-state index contributed by atoms with van der Waals surface area (Å²) in [5, 5.41) is 0. The van der Waals surface area contributed by atoms with Crippen LogP contribution >= 0.6 is 0 Å². The van der Waals surface area contributed by atoms with E-state index in [-0.39, 0.29) is 0 Å². The zero-order valence-corrected chi connectivity index (χ0v) is 16.5. The molecular weight excluding hydrogens is 298 g/mol. The number of carbonyl (C=O) groups excluding carboxylic acids is 2.